The van der Waals surface area contributed by atoms with Crippen molar-refractivity contribution in [2.24, 2.45) is 0 Å². The highest BCUT2D eigenvalue weighted by Crippen LogP contribution is 2.39. The number of hydrogen-bond donors (Lipinski definition) is 3. The molecule has 0 aromatic heterocycles. The largest absolute Gasteiger partial charge is 0.328 e. The van der Waals surface area contributed by atoms with Gasteiger partial charge in [-0.2, -0.15) is 0 Å². The standard InChI is InChI=1S/C20H24FN3O3S/c1-14-5-10-17(28(26,27)22-2)13-18(14)23-19(25)24-20(11-3-4-12-20)15-6-8-16(21)9-7-15/h5-10,13,22H,3-4,11-12H2,1-2H3,(H2,23,24,25). The number of nitrogens with one attached hydrogen (secondary N) is 3. The summed E-state index contributed by atoms with van der Waals surface area (Å²) < 4.78 is 39.6. The molecule has 28 heavy (non-hydrogen) atoms. The lowest BCUT2D eigenvalue weighted by Gasteiger charge is -2.31. The van der Waals surface area contributed by atoms with Gasteiger partial charge in [0, 0.05) is 5.69 Å². The van der Waals surface area contributed by atoms with Gasteiger partial charge in [0.2, 0.25) is 10.0 Å². The predicted octanol–water partition coefficient (Wildman–Crippen LogP) is 3.63. The first kappa shape index (κ1) is 20.3. The van der Waals surface area contributed by atoms with Crippen LogP contribution in [-0.4, -0.2) is 21.5 Å². The van der Waals surface area contributed by atoms with E-state index in [1.54, 1.807) is 25.1 Å². The van der Waals surface area contributed by atoms with Crippen LogP contribution in [0.3, 0.4) is 0 Å². The summed E-state index contributed by atoms with van der Waals surface area (Å²) in [4.78, 5) is 12.8. The molecule has 3 N–H and O–H groups in total. The highest BCUT2D eigenvalue weighted by molar-refractivity contribution is 7.89. The monoisotopic (exact) mass is 405 g/mol. The van der Waals surface area contributed by atoms with Crippen molar-refractivity contribution in [3.63, 3.8) is 0 Å². The normalized spacial score (nSPS) is 16.0. The van der Waals surface area contributed by atoms with Gasteiger partial charge in [-0.3, -0.25) is 0 Å². The van der Waals surface area contributed by atoms with Gasteiger partial charge in [0.1, 0.15) is 5.82 Å². The molecule has 2 amide bonds. The van der Waals surface area contributed by atoms with Crippen molar-refractivity contribution >= 4 is 21.7 Å². The summed E-state index contributed by atoms with van der Waals surface area (Å²) >= 11 is 0. The van der Waals surface area contributed by atoms with Crippen molar-refractivity contribution in [1.29, 1.82) is 0 Å². The predicted molar refractivity (Wildman–Crippen MR) is 106 cm³/mol. The van der Waals surface area contributed by atoms with Crippen LogP contribution in [0.15, 0.2) is 47.4 Å². The number of anilines is 1. The Bertz CT molecular complexity index is 969. The van der Waals surface area contributed by atoms with E-state index in [1.165, 1.54) is 31.3 Å². The number of halogens is 1. The maximum absolute atomic E-state index is 13.3. The van der Waals surface area contributed by atoms with Gasteiger partial charge in [-0.15, -0.1) is 0 Å². The molecule has 0 spiro atoms. The molecule has 0 radical (unpaired) electrons. The molecule has 0 unspecified atom stereocenters. The van der Waals surface area contributed by atoms with Crippen molar-refractivity contribution in [3.05, 3.63) is 59.4 Å². The summed E-state index contributed by atoms with van der Waals surface area (Å²) in [5.74, 6) is -0.320. The molecule has 1 aliphatic rings. The van der Waals surface area contributed by atoms with Crippen molar-refractivity contribution < 1.29 is 17.6 Å². The summed E-state index contributed by atoms with van der Waals surface area (Å²) in [6.45, 7) is 1.79. The van der Waals surface area contributed by atoms with E-state index in [9.17, 15) is 17.6 Å². The summed E-state index contributed by atoms with van der Waals surface area (Å²) in [6.07, 6.45) is 3.46. The Morgan fingerprint density at radius 2 is 1.71 bits per heavy atom. The molecule has 8 heteroatoms. The minimum absolute atomic E-state index is 0.0741. The van der Waals surface area contributed by atoms with Crippen molar-refractivity contribution in [3.8, 4) is 0 Å². The highest BCUT2D eigenvalue weighted by atomic mass is 32.2. The van der Waals surface area contributed by atoms with Crippen LogP contribution in [0, 0.1) is 12.7 Å². The summed E-state index contributed by atoms with van der Waals surface area (Å²) in [7, 11) is -2.28. The van der Waals surface area contributed by atoms with Gasteiger partial charge >= 0.3 is 6.03 Å². The molecule has 1 saturated carbocycles. The number of sulfonamides is 1. The van der Waals surface area contributed by atoms with Gasteiger partial charge in [0.05, 0.1) is 10.4 Å². The van der Waals surface area contributed by atoms with Crippen LogP contribution in [0.2, 0.25) is 0 Å². The van der Waals surface area contributed by atoms with Gasteiger partial charge < -0.3 is 10.6 Å². The lowest BCUT2D eigenvalue weighted by atomic mass is 9.88. The Labute approximate surface area is 164 Å². The third kappa shape index (κ3) is 4.18. The van der Waals surface area contributed by atoms with Gasteiger partial charge in [0.25, 0.3) is 0 Å². The Morgan fingerprint density at radius 1 is 1.07 bits per heavy atom. The van der Waals surface area contributed by atoms with Crippen LogP contribution in [0.1, 0.15) is 36.8 Å². The first-order valence-corrected chi connectivity index (χ1v) is 10.6. The Kier molecular flexibility index (Phi) is 5.71. The number of hydrogen-bond acceptors (Lipinski definition) is 3. The second kappa shape index (κ2) is 7.89. The number of aryl methyl sites for hydroxylation is 1. The maximum atomic E-state index is 13.3. The van der Waals surface area contributed by atoms with Crippen molar-refractivity contribution in [2.75, 3.05) is 12.4 Å². The second-order valence-electron chi connectivity index (χ2n) is 7.06. The number of rotatable bonds is 5. The molecular weight excluding hydrogens is 381 g/mol. The topological polar surface area (TPSA) is 87.3 Å². The van der Waals surface area contributed by atoms with E-state index in [4.69, 9.17) is 0 Å². The number of urea groups is 1. The van der Waals surface area contributed by atoms with E-state index in [1.807, 2.05) is 0 Å². The van der Waals surface area contributed by atoms with E-state index < -0.39 is 21.6 Å². The molecule has 1 fully saturated rings. The average molecular weight is 405 g/mol. The van der Waals surface area contributed by atoms with Crippen LogP contribution in [0.25, 0.3) is 0 Å². The average Bonchev–Trinajstić information content (AvgIpc) is 3.13. The molecule has 2 aromatic rings. The lowest BCUT2D eigenvalue weighted by molar-refractivity contribution is 0.236. The smallest absolute Gasteiger partial charge is 0.319 e. The van der Waals surface area contributed by atoms with Crippen LogP contribution in [-0.2, 0) is 15.6 Å². The van der Waals surface area contributed by atoms with Crippen LogP contribution >= 0.6 is 0 Å². The van der Waals surface area contributed by atoms with Gasteiger partial charge in [-0.25, -0.2) is 22.3 Å². The summed E-state index contributed by atoms with van der Waals surface area (Å²) in [6, 6.07) is 10.3. The fourth-order valence-corrected chi connectivity index (χ4v) is 4.38. The third-order valence-electron chi connectivity index (χ3n) is 5.24. The lowest BCUT2D eigenvalue weighted by Crippen LogP contribution is -2.46. The van der Waals surface area contributed by atoms with E-state index >= 15 is 0 Å². The molecule has 3 rings (SSSR count). The molecular formula is C20H24FN3O3S. The molecule has 0 atom stereocenters. The molecule has 0 bridgehead atoms. The van der Waals surface area contributed by atoms with E-state index in [-0.39, 0.29) is 10.7 Å². The Morgan fingerprint density at radius 3 is 2.32 bits per heavy atom. The number of amides is 2. The van der Waals surface area contributed by atoms with Crippen LogP contribution in [0.5, 0.6) is 0 Å². The zero-order valence-electron chi connectivity index (χ0n) is 15.9. The molecule has 0 saturated heterocycles. The van der Waals surface area contributed by atoms with Gasteiger partial charge in [-0.1, -0.05) is 31.0 Å². The van der Waals surface area contributed by atoms with Crippen LogP contribution < -0.4 is 15.4 Å². The van der Waals surface area contributed by atoms with E-state index in [2.05, 4.69) is 15.4 Å². The molecule has 150 valence electrons. The van der Waals surface area contributed by atoms with Gasteiger partial charge in [0.15, 0.2) is 0 Å². The summed E-state index contributed by atoms with van der Waals surface area (Å²) in [5.41, 5.74) is 1.47. The minimum Gasteiger partial charge on any atom is -0.328 e. The second-order valence-corrected chi connectivity index (χ2v) is 8.95. The SMILES string of the molecule is CNS(=O)(=O)c1ccc(C)c(NC(=O)NC2(c3ccc(F)cc3)CCCC2)c1. The van der Waals surface area contributed by atoms with Gasteiger partial charge in [-0.05, 0) is 62.2 Å². The zero-order valence-corrected chi connectivity index (χ0v) is 16.7. The fourth-order valence-electron chi connectivity index (χ4n) is 3.62. The molecule has 2 aromatic carbocycles. The number of carbonyl (C=O) groups excluding carboxylic acids is 1. The van der Waals surface area contributed by atoms with E-state index in [0.29, 0.717) is 5.69 Å². The quantitative estimate of drug-likeness (QED) is 0.710. The number of carbonyl (C=O) groups is 1. The van der Waals surface area contributed by atoms with Crippen molar-refractivity contribution in [2.45, 2.75) is 43.0 Å². The molecule has 0 heterocycles. The third-order valence-corrected chi connectivity index (χ3v) is 6.65. The van der Waals surface area contributed by atoms with Crippen molar-refractivity contribution in [1.82, 2.24) is 10.0 Å². The highest BCUT2D eigenvalue weighted by Gasteiger charge is 2.37. The van der Waals surface area contributed by atoms with Crippen LogP contribution in [0.4, 0.5) is 14.9 Å². The first-order valence-electron chi connectivity index (χ1n) is 9.15. The van der Waals surface area contributed by atoms with E-state index in [0.717, 1.165) is 36.8 Å². The Balaban J connectivity index is 1.83. The molecule has 0 aliphatic heterocycles. The molecule has 1 aliphatic carbocycles. The molecule has 6 nitrogen and oxygen atoms in total. The maximum Gasteiger partial charge on any atom is 0.319 e. The minimum atomic E-state index is -3.61. The Hall–Kier alpha value is -2.45. The fraction of sp³-hybridized carbons (Fsp3) is 0.350. The number of benzene rings is 2. The summed E-state index contributed by atoms with van der Waals surface area (Å²) in [5, 5.41) is 5.80. The zero-order chi connectivity index (χ0) is 20.4. The first-order chi connectivity index (χ1) is 13.3.